The molecule has 9 rings (SSSR count). The van der Waals surface area contributed by atoms with Gasteiger partial charge in [0.15, 0.2) is 37.2 Å². The number of nitrogens with one attached hydrogen (secondary N) is 2. The summed E-state index contributed by atoms with van der Waals surface area (Å²) in [6, 6.07) is -3.15. The summed E-state index contributed by atoms with van der Waals surface area (Å²) < 4.78 is 61.6. The first kappa shape index (κ1) is 73.3. The van der Waals surface area contributed by atoms with Gasteiger partial charge in [0, 0.05) is 25.7 Å². The number of ether oxygens (including phenoxy) is 10. The SMILES string of the molecule is CC(=O)N[C@H]1[C@H](O[C@H]2[C@H](O[C@H]3CC[C@@]4(C)C(CCC5=C6[C@H](O)C[C@H]([C@H](C)CC(=O)C=C(C)C)[C@@]6(C)CC[C@@]54O)C3(C)C)OC[C@@H](O[C@@H]3O[C@H](CO)[C@H](O)[C@H](O)[C@H]3NC(C)=O)[C@@H]2O)O[C@H](CO[C@@H]2O[C@H](CO)[C@@H](O)[C@H](O)[C@H]2O[C@@H]2O[C@H](CO)[C@@H](O)[C@H](O)[C@H]2O)[C@H](O)[C@@H]1O. The molecule has 526 valence electrons. The van der Waals surface area contributed by atoms with Crippen molar-refractivity contribution in [2.45, 2.75) is 279 Å². The van der Waals surface area contributed by atoms with E-state index in [1.165, 1.54) is 0 Å². The number of hydrogen-bond donors (Lipinski definition) is 17. The Morgan fingerprint density at radius 2 is 1.12 bits per heavy atom. The molecule has 0 bridgehead atoms. The maximum atomic E-state index is 13.4. The van der Waals surface area contributed by atoms with Crippen molar-refractivity contribution < 1.29 is 138 Å². The van der Waals surface area contributed by atoms with Gasteiger partial charge in [-0.1, -0.05) is 40.2 Å². The van der Waals surface area contributed by atoms with Crippen LogP contribution in [0.5, 0.6) is 0 Å². The number of carbonyl (C=O) groups excluding carboxylic acids is 3. The van der Waals surface area contributed by atoms with E-state index in [0.717, 1.165) is 30.6 Å². The average molecular weight is 1320 g/mol. The molecule has 30 heteroatoms. The van der Waals surface area contributed by atoms with Gasteiger partial charge in [-0.05, 0) is 105 Å². The Hall–Kier alpha value is -2.91. The molecule has 9 aliphatic rings. The molecule has 1 unspecified atom stereocenters. The molecule has 3 saturated carbocycles. The second kappa shape index (κ2) is 28.9. The molecule has 32 atom stereocenters. The summed E-state index contributed by atoms with van der Waals surface area (Å²) in [6.45, 7) is 12.4. The van der Waals surface area contributed by atoms with E-state index in [1.807, 2.05) is 27.7 Å². The van der Waals surface area contributed by atoms with Crippen molar-refractivity contribution in [3.63, 3.8) is 0 Å². The van der Waals surface area contributed by atoms with Gasteiger partial charge in [-0.15, -0.1) is 0 Å². The minimum absolute atomic E-state index is 0.00626. The predicted octanol–water partition coefficient (Wildman–Crippen LogP) is -4.60. The van der Waals surface area contributed by atoms with Gasteiger partial charge < -0.3 is 135 Å². The molecule has 0 aromatic rings. The number of hydrogen-bond acceptors (Lipinski definition) is 28. The van der Waals surface area contributed by atoms with Gasteiger partial charge in [0.2, 0.25) is 11.8 Å². The molecule has 0 aromatic heterocycles. The van der Waals surface area contributed by atoms with E-state index < -0.39 is 226 Å². The Bertz CT molecular complexity index is 2630. The van der Waals surface area contributed by atoms with Crippen molar-refractivity contribution in [2.75, 3.05) is 33.0 Å². The number of amides is 2. The number of rotatable bonds is 20. The van der Waals surface area contributed by atoms with E-state index in [2.05, 4.69) is 31.4 Å². The van der Waals surface area contributed by atoms with Crippen LogP contribution in [0.2, 0.25) is 0 Å². The Kier molecular flexibility index (Phi) is 23.0. The van der Waals surface area contributed by atoms with Gasteiger partial charge in [-0.25, -0.2) is 0 Å². The van der Waals surface area contributed by atoms with E-state index in [-0.39, 0.29) is 23.5 Å². The lowest BCUT2D eigenvalue weighted by Gasteiger charge is -2.65. The average Bonchev–Trinajstić information content (AvgIpc) is 1.21. The van der Waals surface area contributed by atoms with Gasteiger partial charge in [-0.2, -0.15) is 0 Å². The second-order valence-corrected chi connectivity index (χ2v) is 28.4. The smallest absolute Gasteiger partial charge is 0.217 e. The highest BCUT2D eigenvalue weighted by molar-refractivity contribution is 5.90. The maximum absolute atomic E-state index is 13.4. The molecule has 17 N–H and O–H groups in total. The minimum atomic E-state index is -2.01. The quantitative estimate of drug-likeness (QED) is 0.0310. The third kappa shape index (κ3) is 13.8. The standard InChI is InChI=1S/C62H100N2O28/c1-24(2)16-28(70)17-25(3)30-18-31(71)39-29-10-11-37-59(6,7)38(12-13-61(37,9)62(29,82)15-14-60(30,39)8)90-58-52(46(76)36(23-84-58)89-54-40(63-26(4)68)47(77)42(72)32(19-65)85-54)91-55-41(64-27(5)69)48(78)45(75)35(88-55)22-83-57-53(50(80)44(74)34(21-67)87-57)92-56-51(81)49(79)43(73)33(20-66)86-56/h16,25,30-38,40-58,65-67,71-82H,10-15,17-23H2,1-9H3,(H,63,68)(H,64,69)/t25-,30-,31-,32-,33-,34-,35-,36-,37?,38+,40-,41-,42+,43-,44-,45+,46+,47-,48-,49+,50+,51-,52-,53-,54+,55+,56+,57-,58+,60-,61+,62-/m1/s1. The van der Waals surface area contributed by atoms with Crippen LogP contribution >= 0.6 is 0 Å². The van der Waals surface area contributed by atoms with Gasteiger partial charge in [0.1, 0.15) is 116 Å². The zero-order valence-corrected chi connectivity index (χ0v) is 53.5. The number of carbonyl (C=O) groups is 3. The van der Waals surface area contributed by atoms with E-state index in [1.54, 1.807) is 6.08 Å². The first-order valence-corrected chi connectivity index (χ1v) is 32.1. The molecule has 0 radical (unpaired) electrons. The maximum Gasteiger partial charge on any atom is 0.217 e. The Morgan fingerprint density at radius 1 is 0.598 bits per heavy atom. The molecular weight excluding hydrogens is 1220 g/mol. The highest BCUT2D eigenvalue weighted by Crippen LogP contribution is 2.70. The van der Waals surface area contributed by atoms with Crippen LogP contribution in [0.1, 0.15) is 114 Å². The topological polar surface area (TPSA) is 471 Å². The first-order chi connectivity index (χ1) is 43.2. The molecule has 30 nitrogen and oxygen atoms in total. The van der Waals surface area contributed by atoms with Crippen molar-refractivity contribution in [3.8, 4) is 0 Å². The van der Waals surface area contributed by atoms with Crippen molar-refractivity contribution >= 4 is 17.6 Å². The van der Waals surface area contributed by atoms with Crippen LogP contribution in [0, 0.1) is 34.0 Å². The number of aliphatic hydroxyl groups excluding tert-OH is 14. The van der Waals surface area contributed by atoms with Crippen LogP contribution < -0.4 is 10.6 Å². The molecule has 8 fully saturated rings. The molecule has 2 amide bonds. The summed E-state index contributed by atoms with van der Waals surface area (Å²) in [6.07, 6.45) is -35.5. The van der Waals surface area contributed by atoms with E-state index >= 15 is 0 Å². The molecule has 5 aliphatic heterocycles. The molecule has 92 heavy (non-hydrogen) atoms. The number of aliphatic hydroxyl groups is 15. The van der Waals surface area contributed by atoms with E-state index in [4.69, 9.17) is 47.4 Å². The van der Waals surface area contributed by atoms with E-state index in [0.29, 0.717) is 51.4 Å². The summed E-state index contributed by atoms with van der Waals surface area (Å²) in [5, 5.41) is 173. The predicted molar refractivity (Wildman–Crippen MR) is 312 cm³/mol. The summed E-state index contributed by atoms with van der Waals surface area (Å²) in [4.78, 5) is 38.5. The third-order valence-electron chi connectivity index (χ3n) is 21.8. The lowest BCUT2D eigenvalue weighted by Crippen LogP contribution is -2.69. The summed E-state index contributed by atoms with van der Waals surface area (Å²) >= 11 is 0. The number of ketones is 1. The highest BCUT2D eigenvalue weighted by atomic mass is 16.8. The second-order valence-electron chi connectivity index (χ2n) is 28.4. The largest absolute Gasteiger partial charge is 0.394 e. The van der Waals surface area contributed by atoms with Gasteiger partial charge in [0.05, 0.1) is 50.8 Å². The monoisotopic (exact) mass is 1320 g/mol. The number of fused-ring (bicyclic) bond motifs is 4. The van der Waals surface area contributed by atoms with Gasteiger partial charge in [-0.3, -0.25) is 14.4 Å². The van der Waals surface area contributed by atoms with Crippen molar-refractivity contribution in [3.05, 3.63) is 22.8 Å². The van der Waals surface area contributed by atoms with E-state index in [9.17, 15) is 91.0 Å². The van der Waals surface area contributed by atoms with Crippen LogP contribution in [0.15, 0.2) is 22.8 Å². The first-order valence-electron chi connectivity index (χ1n) is 32.1. The molecule has 5 heterocycles. The van der Waals surface area contributed by atoms with Crippen LogP contribution in [0.25, 0.3) is 0 Å². The number of allylic oxidation sites excluding steroid dienone is 2. The fraction of sp³-hybridized carbons (Fsp3) is 0.887. The molecule has 5 saturated heterocycles. The van der Waals surface area contributed by atoms with Crippen molar-refractivity contribution in [1.82, 2.24) is 10.6 Å². The Labute approximate surface area is 533 Å². The van der Waals surface area contributed by atoms with Gasteiger partial charge >= 0.3 is 0 Å². The van der Waals surface area contributed by atoms with Crippen LogP contribution in [-0.2, 0) is 61.8 Å². The zero-order chi connectivity index (χ0) is 67.6. The lowest BCUT2D eigenvalue weighted by atomic mass is 9.42. The van der Waals surface area contributed by atoms with Crippen molar-refractivity contribution in [2.24, 2.45) is 34.0 Å². The molecule has 4 aliphatic carbocycles. The highest BCUT2D eigenvalue weighted by Gasteiger charge is 2.68. The molecule has 0 aromatic carbocycles. The Balaban J connectivity index is 1.000. The zero-order valence-electron chi connectivity index (χ0n) is 53.5. The normalized spacial score (nSPS) is 48.1. The molecule has 0 spiro atoms. The van der Waals surface area contributed by atoms with Crippen LogP contribution in [0.4, 0.5) is 0 Å². The fourth-order valence-corrected chi connectivity index (χ4v) is 16.9. The summed E-state index contributed by atoms with van der Waals surface area (Å²) in [5.74, 6) is -1.67. The molecular formula is C62H100N2O28. The Morgan fingerprint density at radius 3 is 1.71 bits per heavy atom. The van der Waals surface area contributed by atoms with Crippen LogP contribution in [0.3, 0.4) is 0 Å². The summed E-state index contributed by atoms with van der Waals surface area (Å²) in [5.41, 5.74) is -0.732. The van der Waals surface area contributed by atoms with Crippen molar-refractivity contribution in [1.29, 1.82) is 0 Å². The lowest BCUT2D eigenvalue weighted by molar-refractivity contribution is -0.380. The summed E-state index contributed by atoms with van der Waals surface area (Å²) in [7, 11) is 0. The fourth-order valence-electron chi connectivity index (χ4n) is 16.9. The van der Waals surface area contributed by atoms with Crippen LogP contribution in [-0.4, -0.2) is 292 Å². The minimum Gasteiger partial charge on any atom is -0.394 e. The van der Waals surface area contributed by atoms with Gasteiger partial charge in [0.25, 0.3) is 0 Å². The third-order valence-corrected chi connectivity index (χ3v) is 21.8.